The second kappa shape index (κ2) is 18.9. The van der Waals surface area contributed by atoms with E-state index in [1.807, 2.05) is 58.1 Å². The van der Waals surface area contributed by atoms with Crippen molar-refractivity contribution in [3.05, 3.63) is 40.9 Å². The van der Waals surface area contributed by atoms with Crippen LogP contribution in [0, 0.1) is 0 Å². The number of nitrogens with one attached hydrogen (secondary N) is 3. The van der Waals surface area contributed by atoms with Crippen molar-refractivity contribution in [1.82, 2.24) is 20.9 Å². The molecule has 0 aliphatic carbocycles. The van der Waals surface area contributed by atoms with Gasteiger partial charge in [0.25, 0.3) is 5.91 Å². The molecule has 0 saturated carbocycles. The quantitative estimate of drug-likeness (QED) is 0.0871. The van der Waals surface area contributed by atoms with Gasteiger partial charge in [-0.05, 0) is 36.5 Å². The third-order valence-corrected chi connectivity index (χ3v) is 13.4. The minimum absolute atomic E-state index is 0.00821. The van der Waals surface area contributed by atoms with Crippen molar-refractivity contribution in [3.8, 4) is 10.6 Å². The SMILES string of the molecule is COC(=O)[C@H](COC(C)=O)NC(=O)[C@H](CO[Si](C)(C)C(C)(C)C)NC(=O)c1csc(-c2ccc(CNC(=O)CCCCCCl)cc2)n1. The van der Waals surface area contributed by atoms with Gasteiger partial charge in [-0.2, -0.15) is 0 Å². The molecule has 3 N–H and O–H groups in total. The highest BCUT2D eigenvalue weighted by molar-refractivity contribution is 7.13. The lowest BCUT2D eigenvalue weighted by Crippen LogP contribution is -2.56. The van der Waals surface area contributed by atoms with E-state index in [2.05, 4.69) is 20.9 Å². The summed E-state index contributed by atoms with van der Waals surface area (Å²) < 4.78 is 15.9. The number of thiazole rings is 1. The van der Waals surface area contributed by atoms with Gasteiger partial charge in [0, 0.05) is 36.7 Å². The minimum atomic E-state index is -2.34. The van der Waals surface area contributed by atoms with Crippen molar-refractivity contribution < 1.29 is 37.9 Å². The molecule has 1 heterocycles. The van der Waals surface area contributed by atoms with E-state index in [-0.39, 0.29) is 23.2 Å². The molecule has 1 aromatic heterocycles. The van der Waals surface area contributed by atoms with Gasteiger partial charge in [0.05, 0.1) is 13.7 Å². The second-order valence-corrected chi connectivity index (χ2v) is 18.5. The van der Waals surface area contributed by atoms with E-state index < -0.39 is 50.8 Å². The summed E-state index contributed by atoms with van der Waals surface area (Å²) in [4.78, 5) is 66.9. The van der Waals surface area contributed by atoms with Crippen LogP contribution in [0.3, 0.4) is 0 Å². The smallest absolute Gasteiger partial charge is 0.331 e. The normalized spacial score (nSPS) is 12.9. The highest BCUT2D eigenvalue weighted by Gasteiger charge is 2.39. The molecule has 1 aromatic carbocycles. The van der Waals surface area contributed by atoms with Crippen LogP contribution in [0.15, 0.2) is 29.6 Å². The highest BCUT2D eigenvalue weighted by Crippen LogP contribution is 2.36. The molecule has 47 heavy (non-hydrogen) atoms. The Kier molecular flexibility index (Phi) is 16.0. The Labute approximate surface area is 286 Å². The van der Waals surface area contributed by atoms with Crippen LogP contribution in [0.4, 0.5) is 0 Å². The number of alkyl halides is 1. The maximum absolute atomic E-state index is 13.4. The summed E-state index contributed by atoms with van der Waals surface area (Å²) in [5.74, 6) is -2.18. The van der Waals surface area contributed by atoms with E-state index in [0.717, 1.165) is 37.5 Å². The van der Waals surface area contributed by atoms with Gasteiger partial charge in [-0.15, -0.1) is 22.9 Å². The maximum atomic E-state index is 13.4. The molecule has 2 atom stereocenters. The van der Waals surface area contributed by atoms with Crippen LogP contribution >= 0.6 is 22.9 Å². The zero-order chi connectivity index (χ0) is 35.2. The molecule has 0 fully saturated rings. The van der Waals surface area contributed by atoms with Crippen LogP contribution in [0.2, 0.25) is 18.1 Å². The Morgan fingerprint density at radius 1 is 0.979 bits per heavy atom. The lowest BCUT2D eigenvalue weighted by atomic mass is 10.1. The van der Waals surface area contributed by atoms with Crippen LogP contribution in [0.5, 0.6) is 0 Å². The number of ether oxygens (including phenoxy) is 2. The number of carbonyl (C=O) groups is 5. The summed E-state index contributed by atoms with van der Waals surface area (Å²) >= 11 is 6.94. The summed E-state index contributed by atoms with van der Waals surface area (Å²) in [5, 5.41) is 10.1. The molecule has 0 bridgehead atoms. The molecule has 0 saturated heterocycles. The molecule has 3 amide bonds. The number of hydrogen-bond donors (Lipinski definition) is 3. The van der Waals surface area contributed by atoms with Crippen molar-refractivity contribution in [2.24, 2.45) is 0 Å². The number of rotatable bonds is 18. The molecule has 2 rings (SSSR count). The van der Waals surface area contributed by atoms with Gasteiger partial charge in [0.2, 0.25) is 11.8 Å². The predicted molar refractivity (Wildman–Crippen MR) is 184 cm³/mol. The summed E-state index contributed by atoms with van der Waals surface area (Å²) in [6.07, 6.45) is 3.08. The third kappa shape index (κ3) is 13.4. The van der Waals surface area contributed by atoms with Crippen molar-refractivity contribution in [3.63, 3.8) is 0 Å². The second-order valence-electron chi connectivity index (χ2n) is 12.5. The third-order valence-electron chi connectivity index (χ3n) is 7.76. The van der Waals surface area contributed by atoms with E-state index in [1.165, 1.54) is 18.3 Å². The number of nitrogens with zero attached hydrogens (tertiary/aromatic N) is 1. The Bertz CT molecular complexity index is 1360. The van der Waals surface area contributed by atoms with Gasteiger partial charge in [0.1, 0.15) is 23.4 Å². The highest BCUT2D eigenvalue weighted by atomic mass is 35.5. The van der Waals surface area contributed by atoms with Crippen LogP contribution in [-0.4, -0.2) is 81.2 Å². The van der Waals surface area contributed by atoms with Gasteiger partial charge in [-0.3, -0.25) is 19.2 Å². The predicted octanol–water partition coefficient (Wildman–Crippen LogP) is 4.57. The van der Waals surface area contributed by atoms with Crippen LogP contribution in [0.1, 0.15) is 69.4 Å². The molecule has 0 spiro atoms. The van der Waals surface area contributed by atoms with E-state index >= 15 is 0 Å². The van der Waals surface area contributed by atoms with Crippen molar-refractivity contribution in [1.29, 1.82) is 0 Å². The first-order chi connectivity index (χ1) is 22.1. The Morgan fingerprint density at radius 3 is 2.26 bits per heavy atom. The Hall–Kier alpha value is -3.33. The van der Waals surface area contributed by atoms with Crippen LogP contribution in [-0.2, 0) is 39.6 Å². The standard InChI is InChI=1S/C32H47ClN4O8SSi/c1-21(38)44-18-25(31(42)43-5)36-28(40)24(19-45-47(6,7)32(2,3)4)35-29(41)26-20-46-30(37-26)23-14-12-22(13-15-23)17-34-27(39)11-9-8-10-16-33/h12-15,20,24-25H,8-11,16-19H2,1-7H3,(H,34,39)(H,35,41)(H,36,40)/t24-,25-/m0/s1. The number of carbonyl (C=O) groups excluding carboxylic acids is 5. The fourth-order valence-electron chi connectivity index (χ4n) is 3.83. The number of amides is 3. The first kappa shape index (κ1) is 39.8. The number of halogens is 1. The average Bonchev–Trinajstić information content (AvgIpc) is 3.52. The Balaban J connectivity index is 2.14. The number of unbranched alkanes of at least 4 members (excludes halogenated alkanes) is 2. The van der Waals surface area contributed by atoms with Gasteiger partial charge in [0.15, 0.2) is 14.4 Å². The molecule has 2 aromatic rings. The van der Waals surface area contributed by atoms with Gasteiger partial charge in [-0.25, -0.2) is 9.78 Å². The van der Waals surface area contributed by atoms with Gasteiger partial charge in [-0.1, -0.05) is 51.5 Å². The molecular formula is C32H47ClN4O8SSi. The number of hydrogen-bond acceptors (Lipinski definition) is 10. The topological polar surface area (TPSA) is 162 Å². The first-order valence-electron chi connectivity index (χ1n) is 15.4. The number of esters is 2. The summed E-state index contributed by atoms with van der Waals surface area (Å²) in [6, 6.07) is 5.02. The van der Waals surface area contributed by atoms with E-state index in [4.69, 9.17) is 25.5 Å². The zero-order valence-electron chi connectivity index (χ0n) is 28.2. The van der Waals surface area contributed by atoms with Crippen LogP contribution in [0.25, 0.3) is 10.6 Å². The van der Waals surface area contributed by atoms with Gasteiger partial charge < -0.3 is 29.9 Å². The molecule has 12 nitrogen and oxygen atoms in total. The molecule has 260 valence electrons. The van der Waals surface area contributed by atoms with E-state index in [9.17, 15) is 24.0 Å². The molecule has 0 radical (unpaired) electrons. The Morgan fingerprint density at radius 2 is 1.66 bits per heavy atom. The average molecular weight is 711 g/mol. The fourth-order valence-corrected chi connectivity index (χ4v) is 5.84. The maximum Gasteiger partial charge on any atom is 0.331 e. The molecule has 0 aliphatic heterocycles. The lowest BCUT2D eigenvalue weighted by molar-refractivity contribution is -0.151. The summed E-state index contributed by atoms with van der Waals surface area (Å²) in [5.41, 5.74) is 1.81. The van der Waals surface area contributed by atoms with E-state index in [1.54, 1.807) is 5.38 Å². The van der Waals surface area contributed by atoms with Crippen molar-refractivity contribution in [2.45, 2.75) is 90.1 Å². The molecule has 0 aliphatic rings. The summed E-state index contributed by atoms with van der Waals surface area (Å²) in [7, 11) is -1.20. The lowest BCUT2D eigenvalue weighted by Gasteiger charge is -2.37. The van der Waals surface area contributed by atoms with Crippen molar-refractivity contribution >= 4 is 60.9 Å². The molecule has 15 heteroatoms. The largest absolute Gasteiger partial charge is 0.467 e. The zero-order valence-corrected chi connectivity index (χ0v) is 30.8. The fraction of sp³-hybridized carbons (Fsp3) is 0.562. The molecular weight excluding hydrogens is 664 g/mol. The van der Waals surface area contributed by atoms with Gasteiger partial charge >= 0.3 is 11.9 Å². The van der Waals surface area contributed by atoms with Crippen LogP contribution < -0.4 is 16.0 Å². The monoisotopic (exact) mass is 710 g/mol. The van der Waals surface area contributed by atoms with E-state index in [0.29, 0.717) is 23.9 Å². The summed E-state index contributed by atoms with van der Waals surface area (Å²) in [6.45, 7) is 11.1. The van der Waals surface area contributed by atoms with Crippen molar-refractivity contribution in [2.75, 3.05) is 26.2 Å². The first-order valence-corrected chi connectivity index (χ1v) is 19.7. The number of benzene rings is 1. The number of methoxy groups -OCH3 is 1. The number of aromatic nitrogens is 1. The molecule has 0 unspecified atom stereocenters. The minimum Gasteiger partial charge on any atom is -0.467 e.